The molecule has 56 heavy (non-hydrogen) atoms. The number of imide groups is 2. The average Bonchev–Trinajstić information content (AvgIpc) is 3.45. The maximum absolute atomic E-state index is 13.3. The normalized spacial score (nSPS) is 17.6. The Balaban J connectivity index is 0.858. The van der Waals surface area contributed by atoms with E-state index >= 15 is 0 Å². The highest BCUT2D eigenvalue weighted by Crippen LogP contribution is 2.38. The second-order valence-corrected chi connectivity index (χ2v) is 14.6. The number of hydrogen-bond acceptors (Lipinski definition) is 11. The number of aromatic nitrogens is 1. The molecule has 3 aliphatic heterocycles. The highest BCUT2D eigenvalue weighted by atomic mass is 16.5. The zero-order valence-corrected chi connectivity index (χ0v) is 32.3. The number of aryl methyl sites for hydroxylation is 1. The molecule has 0 aliphatic carbocycles. The molecule has 3 aliphatic rings. The Labute approximate surface area is 325 Å². The van der Waals surface area contributed by atoms with Gasteiger partial charge < -0.3 is 28.6 Å². The van der Waals surface area contributed by atoms with Crippen molar-refractivity contribution in [3.8, 4) is 22.6 Å². The van der Waals surface area contributed by atoms with Crippen LogP contribution in [0.5, 0.6) is 11.5 Å². The number of piperazine rings is 1. The molecule has 2 fully saturated rings. The summed E-state index contributed by atoms with van der Waals surface area (Å²) in [5.41, 5.74) is 4.18. The number of pyridine rings is 1. The predicted octanol–water partition coefficient (Wildman–Crippen LogP) is 3.28. The molecule has 0 bridgehead atoms. The number of amides is 4. The quantitative estimate of drug-likeness (QED) is 0.149. The van der Waals surface area contributed by atoms with E-state index in [1.54, 1.807) is 38.0 Å². The first-order valence-corrected chi connectivity index (χ1v) is 19.0. The molecular formula is C42H48N6O8. The SMILES string of the molecule is COc1cc(-c2cn(C)c(=O)c3ccccc23)cc(OC)c1CN(C)CCCOCCN1CCN(c2ccc3c(c2)C(=O)N(C2CCC(=O)NC2=O)C3=O)CC1. The number of benzene rings is 3. The van der Waals surface area contributed by atoms with Crippen molar-refractivity contribution in [2.75, 3.05) is 78.6 Å². The van der Waals surface area contributed by atoms with Crippen molar-refractivity contribution >= 4 is 40.1 Å². The van der Waals surface area contributed by atoms with Crippen molar-refractivity contribution in [3.05, 3.63) is 87.8 Å². The summed E-state index contributed by atoms with van der Waals surface area (Å²) < 4.78 is 19.4. The molecule has 0 saturated carbocycles. The van der Waals surface area contributed by atoms with Crippen LogP contribution in [0.1, 0.15) is 45.5 Å². The maximum Gasteiger partial charge on any atom is 0.262 e. The van der Waals surface area contributed by atoms with Gasteiger partial charge in [-0.25, -0.2) is 0 Å². The minimum Gasteiger partial charge on any atom is -0.496 e. The van der Waals surface area contributed by atoms with Gasteiger partial charge in [0.2, 0.25) is 11.8 Å². The second-order valence-electron chi connectivity index (χ2n) is 14.6. The van der Waals surface area contributed by atoms with Crippen LogP contribution in [-0.2, 0) is 27.9 Å². The summed E-state index contributed by atoms with van der Waals surface area (Å²) in [6, 6.07) is 15.9. The number of nitrogens with zero attached hydrogens (tertiary/aromatic N) is 5. The monoisotopic (exact) mass is 764 g/mol. The fraction of sp³-hybridized carbons (Fsp3) is 0.405. The smallest absolute Gasteiger partial charge is 0.262 e. The standard InChI is InChI=1S/C42H48N6O8/c1-44(25-34-36(54-3)22-27(23-37(34)55-4)33-26-45(2)40(51)30-9-6-5-8-29(30)33)14-7-20-56-21-19-46-15-17-47(18-16-46)28-10-11-31-32(24-28)42(53)48(41(31)52)35-12-13-38(49)43-39(35)50/h5-6,8-11,22-24,26,35H,7,12-21,25H2,1-4H3,(H,43,49,50). The highest BCUT2D eigenvalue weighted by molar-refractivity contribution is 6.23. The number of piperidine rings is 1. The lowest BCUT2D eigenvalue weighted by Crippen LogP contribution is -2.54. The molecule has 4 heterocycles. The summed E-state index contributed by atoms with van der Waals surface area (Å²) in [5, 5.41) is 3.77. The number of anilines is 1. The van der Waals surface area contributed by atoms with Gasteiger partial charge in [0, 0.05) is 88.7 Å². The van der Waals surface area contributed by atoms with E-state index in [1.807, 2.05) is 48.7 Å². The van der Waals surface area contributed by atoms with E-state index < -0.39 is 29.7 Å². The van der Waals surface area contributed by atoms with E-state index in [0.717, 1.165) is 89.9 Å². The Morgan fingerprint density at radius 1 is 0.821 bits per heavy atom. The highest BCUT2D eigenvalue weighted by Gasteiger charge is 2.44. The van der Waals surface area contributed by atoms with Crippen molar-refractivity contribution in [2.24, 2.45) is 7.05 Å². The molecule has 1 aromatic heterocycles. The van der Waals surface area contributed by atoms with Gasteiger partial charge in [-0.15, -0.1) is 0 Å². The third-order valence-corrected chi connectivity index (χ3v) is 11.0. The summed E-state index contributed by atoms with van der Waals surface area (Å²) in [5.74, 6) is -0.563. The third-order valence-electron chi connectivity index (χ3n) is 11.0. The van der Waals surface area contributed by atoms with E-state index in [-0.39, 0.29) is 24.0 Å². The van der Waals surface area contributed by atoms with Crippen LogP contribution in [0.3, 0.4) is 0 Å². The molecular weight excluding hydrogens is 716 g/mol. The number of carbonyl (C=O) groups excluding carboxylic acids is 4. The molecule has 0 radical (unpaired) electrons. The van der Waals surface area contributed by atoms with Gasteiger partial charge in [-0.2, -0.15) is 0 Å². The van der Waals surface area contributed by atoms with Crippen LogP contribution in [0, 0.1) is 0 Å². The number of methoxy groups -OCH3 is 2. The Kier molecular flexibility index (Phi) is 11.5. The lowest BCUT2D eigenvalue weighted by atomic mass is 9.98. The van der Waals surface area contributed by atoms with E-state index in [4.69, 9.17) is 14.2 Å². The van der Waals surface area contributed by atoms with Gasteiger partial charge in [0.05, 0.1) is 37.5 Å². The lowest BCUT2D eigenvalue weighted by Gasteiger charge is -2.36. The molecule has 1 unspecified atom stereocenters. The number of carbonyl (C=O) groups is 4. The van der Waals surface area contributed by atoms with Gasteiger partial charge in [0.1, 0.15) is 17.5 Å². The van der Waals surface area contributed by atoms with Crippen molar-refractivity contribution in [2.45, 2.75) is 31.8 Å². The summed E-state index contributed by atoms with van der Waals surface area (Å²) in [4.78, 5) is 70.9. The van der Waals surface area contributed by atoms with Gasteiger partial charge in [0.25, 0.3) is 17.4 Å². The Hall–Kier alpha value is -5.57. The van der Waals surface area contributed by atoms with Gasteiger partial charge in [-0.3, -0.25) is 39.1 Å². The first-order valence-electron chi connectivity index (χ1n) is 19.0. The Morgan fingerprint density at radius 3 is 2.21 bits per heavy atom. The minimum atomic E-state index is -0.977. The Bertz CT molecular complexity index is 2200. The second kappa shape index (κ2) is 16.7. The molecule has 14 nitrogen and oxygen atoms in total. The van der Waals surface area contributed by atoms with E-state index in [0.29, 0.717) is 30.7 Å². The summed E-state index contributed by atoms with van der Waals surface area (Å²) in [6.07, 6.45) is 2.94. The van der Waals surface area contributed by atoms with Crippen LogP contribution in [0.25, 0.3) is 21.9 Å². The third kappa shape index (κ3) is 7.77. The molecule has 0 spiro atoms. The fourth-order valence-corrected chi connectivity index (χ4v) is 7.91. The van der Waals surface area contributed by atoms with Crippen molar-refractivity contribution < 1.29 is 33.4 Å². The number of fused-ring (bicyclic) bond motifs is 2. The molecule has 4 amide bonds. The molecule has 294 valence electrons. The van der Waals surface area contributed by atoms with Gasteiger partial charge in [-0.05, 0) is 67.2 Å². The minimum absolute atomic E-state index is 0.0405. The van der Waals surface area contributed by atoms with Crippen LogP contribution in [0.2, 0.25) is 0 Å². The molecule has 1 N–H and O–H groups in total. The van der Waals surface area contributed by atoms with E-state index in [1.165, 1.54) is 0 Å². The molecule has 14 heteroatoms. The summed E-state index contributed by atoms with van der Waals surface area (Å²) in [6.45, 7) is 6.70. The van der Waals surface area contributed by atoms with Crippen LogP contribution in [0.15, 0.2) is 65.6 Å². The van der Waals surface area contributed by atoms with E-state index in [2.05, 4.69) is 27.1 Å². The van der Waals surface area contributed by atoms with Crippen LogP contribution in [0.4, 0.5) is 5.69 Å². The van der Waals surface area contributed by atoms with Gasteiger partial charge >= 0.3 is 0 Å². The number of ether oxygens (including phenoxy) is 3. The topological polar surface area (TPSA) is 143 Å². The largest absolute Gasteiger partial charge is 0.496 e. The molecule has 1 atom stereocenters. The van der Waals surface area contributed by atoms with Crippen LogP contribution < -0.4 is 25.2 Å². The molecule has 7 rings (SSSR count). The fourth-order valence-electron chi connectivity index (χ4n) is 7.91. The van der Waals surface area contributed by atoms with Crippen LogP contribution >= 0.6 is 0 Å². The summed E-state index contributed by atoms with van der Waals surface area (Å²) >= 11 is 0. The first-order chi connectivity index (χ1) is 27.1. The number of hydrogen-bond donors (Lipinski definition) is 1. The predicted molar refractivity (Wildman–Crippen MR) is 211 cm³/mol. The Morgan fingerprint density at radius 2 is 1.52 bits per heavy atom. The van der Waals surface area contributed by atoms with Gasteiger partial charge in [0.15, 0.2) is 0 Å². The molecule has 4 aromatic rings. The van der Waals surface area contributed by atoms with E-state index in [9.17, 15) is 24.0 Å². The van der Waals surface area contributed by atoms with Crippen molar-refractivity contribution in [1.82, 2.24) is 24.6 Å². The zero-order chi connectivity index (χ0) is 39.5. The number of nitrogens with one attached hydrogen (secondary N) is 1. The molecule has 3 aromatic carbocycles. The van der Waals surface area contributed by atoms with Crippen molar-refractivity contribution in [1.29, 1.82) is 0 Å². The van der Waals surface area contributed by atoms with Gasteiger partial charge in [-0.1, -0.05) is 18.2 Å². The lowest BCUT2D eigenvalue weighted by molar-refractivity contribution is -0.136. The maximum atomic E-state index is 13.3. The molecule has 2 saturated heterocycles. The van der Waals surface area contributed by atoms with Crippen molar-refractivity contribution in [3.63, 3.8) is 0 Å². The first kappa shape index (κ1) is 38.7. The van der Waals surface area contributed by atoms with Crippen LogP contribution in [-0.4, -0.2) is 123 Å². The number of rotatable bonds is 14. The zero-order valence-electron chi connectivity index (χ0n) is 32.3. The summed E-state index contributed by atoms with van der Waals surface area (Å²) in [7, 11) is 7.15. The average molecular weight is 765 g/mol.